The number of nitro groups is 1. The number of rotatable bonds is 2. The van der Waals surface area contributed by atoms with Gasteiger partial charge in [0.25, 0.3) is 5.69 Å². The molecule has 2 saturated heterocycles. The predicted octanol–water partition coefficient (Wildman–Crippen LogP) is 3.33. The summed E-state index contributed by atoms with van der Waals surface area (Å²) < 4.78 is 0.893. The van der Waals surface area contributed by atoms with Crippen LogP contribution in [0.4, 0.5) is 11.4 Å². The molecule has 2 aliphatic rings. The molecule has 0 amide bonds. The van der Waals surface area contributed by atoms with Crippen molar-refractivity contribution in [3.63, 3.8) is 0 Å². The molecule has 0 radical (unpaired) electrons. The van der Waals surface area contributed by atoms with Crippen LogP contribution in [-0.4, -0.2) is 31.1 Å². The molecule has 1 atom stereocenters. The third-order valence-corrected chi connectivity index (χ3v) is 5.19. The van der Waals surface area contributed by atoms with E-state index in [1.54, 1.807) is 12.1 Å². The molecule has 1 aromatic carbocycles. The van der Waals surface area contributed by atoms with E-state index < -0.39 is 0 Å². The van der Waals surface area contributed by atoms with Crippen molar-refractivity contribution in [1.82, 2.24) is 5.32 Å². The largest absolute Gasteiger partial charge is 0.365 e. The molecule has 2 fully saturated rings. The van der Waals surface area contributed by atoms with Crippen molar-refractivity contribution in [3.8, 4) is 0 Å². The van der Waals surface area contributed by atoms with Crippen LogP contribution in [0.1, 0.15) is 25.7 Å². The smallest absolute Gasteiger partial charge is 0.292 e. The number of piperidine rings is 2. The summed E-state index contributed by atoms with van der Waals surface area (Å²) in [4.78, 5) is 13.2. The average Bonchev–Trinajstić information content (AvgIpc) is 2.47. The first-order valence-electron chi connectivity index (χ1n) is 7.49. The zero-order chi connectivity index (χ0) is 14.9. The van der Waals surface area contributed by atoms with Gasteiger partial charge in [-0.05, 0) is 44.4 Å². The monoisotopic (exact) mass is 353 g/mol. The predicted molar refractivity (Wildman–Crippen MR) is 86.8 cm³/mol. The lowest BCUT2D eigenvalue weighted by Gasteiger charge is -2.46. The average molecular weight is 354 g/mol. The second-order valence-corrected chi connectivity index (χ2v) is 7.11. The first kappa shape index (κ1) is 14.8. The Morgan fingerprint density at radius 3 is 2.86 bits per heavy atom. The molecule has 21 heavy (non-hydrogen) atoms. The molecule has 2 aliphatic heterocycles. The molecule has 5 nitrogen and oxygen atoms in total. The second kappa shape index (κ2) is 5.93. The Labute approximate surface area is 133 Å². The normalized spacial score (nSPS) is 26.0. The number of benzene rings is 1. The number of nitro benzene ring substituents is 1. The lowest BCUT2D eigenvalue weighted by atomic mass is 9.74. The van der Waals surface area contributed by atoms with Crippen molar-refractivity contribution in [1.29, 1.82) is 0 Å². The van der Waals surface area contributed by atoms with E-state index >= 15 is 0 Å². The van der Waals surface area contributed by atoms with E-state index in [0.717, 1.165) is 42.8 Å². The highest BCUT2D eigenvalue weighted by Gasteiger charge is 2.38. The number of halogens is 1. The third kappa shape index (κ3) is 3.06. The summed E-state index contributed by atoms with van der Waals surface area (Å²) in [6.07, 6.45) is 4.75. The highest BCUT2D eigenvalue weighted by Crippen LogP contribution is 2.40. The van der Waals surface area contributed by atoms with Crippen LogP contribution in [0.3, 0.4) is 0 Å². The quantitative estimate of drug-likeness (QED) is 0.654. The van der Waals surface area contributed by atoms with Crippen LogP contribution in [0.15, 0.2) is 22.7 Å². The molecule has 3 rings (SSSR count). The molecule has 0 aromatic heterocycles. The number of nitrogens with one attached hydrogen (secondary N) is 1. The van der Waals surface area contributed by atoms with Gasteiger partial charge in [-0.2, -0.15) is 0 Å². The molecule has 2 heterocycles. The molecule has 6 heteroatoms. The fourth-order valence-electron chi connectivity index (χ4n) is 3.70. The third-order valence-electron chi connectivity index (χ3n) is 4.70. The van der Waals surface area contributed by atoms with E-state index in [9.17, 15) is 10.1 Å². The lowest BCUT2D eigenvalue weighted by molar-refractivity contribution is -0.384. The van der Waals surface area contributed by atoms with Crippen LogP contribution in [0, 0.1) is 15.5 Å². The van der Waals surface area contributed by atoms with Gasteiger partial charge < -0.3 is 10.2 Å². The Bertz CT molecular complexity index is 538. The van der Waals surface area contributed by atoms with Gasteiger partial charge in [0.05, 0.1) is 4.92 Å². The fraction of sp³-hybridized carbons (Fsp3) is 0.600. The summed E-state index contributed by atoms with van der Waals surface area (Å²) in [6, 6.07) is 5.22. The maximum absolute atomic E-state index is 11.3. The molecule has 1 unspecified atom stereocenters. The Hall–Kier alpha value is -1.14. The zero-order valence-electron chi connectivity index (χ0n) is 12.0. The van der Waals surface area contributed by atoms with Crippen molar-refractivity contribution in [3.05, 3.63) is 32.8 Å². The van der Waals surface area contributed by atoms with Gasteiger partial charge in [0.2, 0.25) is 0 Å². The van der Waals surface area contributed by atoms with Crippen LogP contribution >= 0.6 is 15.9 Å². The second-order valence-electron chi connectivity index (χ2n) is 6.20. The van der Waals surface area contributed by atoms with Crippen molar-refractivity contribution < 1.29 is 4.92 Å². The summed E-state index contributed by atoms with van der Waals surface area (Å²) >= 11 is 3.44. The Balaban J connectivity index is 1.89. The van der Waals surface area contributed by atoms with E-state index in [-0.39, 0.29) is 16.0 Å². The molecule has 114 valence electrons. The Morgan fingerprint density at radius 1 is 1.33 bits per heavy atom. The van der Waals surface area contributed by atoms with Crippen molar-refractivity contribution in [2.24, 2.45) is 5.41 Å². The van der Waals surface area contributed by atoms with Gasteiger partial charge in [-0.25, -0.2) is 0 Å². The maximum Gasteiger partial charge on any atom is 0.292 e. The minimum atomic E-state index is -0.276. The van der Waals surface area contributed by atoms with Crippen molar-refractivity contribution >= 4 is 27.3 Å². The highest BCUT2D eigenvalue weighted by atomic mass is 79.9. The number of nitrogens with zero attached hydrogens (tertiary/aromatic N) is 2. The Kier molecular flexibility index (Phi) is 4.17. The first-order valence-corrected chi connectivity index (χ1v) is 8.29. The molecular weight excluding hydrogens is 334 g/mol. The standard InChI is InChI=1S/C15H20BrN3O2/c16-12-3-4-13(19(20)21)14(9-12)18-8-2-6-15(11-18)5-1-7-17-10-15/h3-4,9,17H,1-2,5-8,10-11H2. The van der Waals surface area contributed by atoms with Gasteiger partial charge in [-0.1, -0.05) is 15.9 Å². The molecule has 0 aliphatic carbocycles. The van der Waals surface area contributed by atoms with E-state index in [0.29, 0.717) is 0 Å². The minimum Gasteiger partial charge on any atom is -0.365 e. The Morgan fingerprint density at radius 2 is 2.14 bits per heavy atom. The molecule has 1 aromatic rings. The minimum absolute atomic E-state index is 0.207. The summed E-state index contributed by atoms with van der Waals surface area (Å²) in [5.74, 6) is 0. The highest BCUT2D eigenvalue weighted by molar-refractivity contribution is 9.10. The van der Waals surface area contributed by atoms with Crippen LogP contribution in [0.25, 0.3) is 0 Å². The number of anilines is 1. The van der Waals surface area contributed by atoms with E-state index in [1.807, 2.05) is 6.07 Å². The summed E-state index contributed by atoms with van der Waals surface area (Å²) in [7, 11) is 0. The summed E-state index contributed by atoms with van der Waals surface area (Å²) in [6.45, 7) is 3.94. The van der Waals surface area contributed by atoms with E-state index in [4.69, 9.17) is 0 Å². The van der Waals surface area contributed by atoms with Crippen LogP contribution in [-0.2, 0) is 0 Å². The van der Waals surface area contributed by atoms with Gasteiger partial charge in [-0.15, -0.1) is 0 Å². The van der Waals surface area contributed by atoms with Crippen molar-refractivity contribution in [2.45, 2.75) is 25.7 Å². The van der Waals surface area contributed by atoms with Gasteiger partial charge in [0.15, 0.2) is 0 Å². The first-order chi connectivity index (χ1) is 10.1. The molecule has 1 N–H and O–H groups in total. The number of hydrogen-bond donors (Lipinski definition) is 1. The topological polar surface area (TPSA) is 58.4 Å². The van der Waals surface area contributed by atoms with Gasteiger partial charge in [-0.3, -0.25) is 10.1 Å². The van der Waals surface area contributed by atoms with E-state index in [2.05, 4.69) is 26.1 Å². The SMILES string of the molecule is O=[N+]([O-])c1ccc(Br)cc1N1CCCC2(CCCNC2)C1. The van der Waals surface area contributed by atoms with Gasteiger partial charge >= 0.3 is 0 Å². The van der Waals surface area contributed by atoms with E-state index in [1.165, 1.54) is 19.3 Å². The lowest BCUT2D eigenvalue weighted by Crippen LogP contribution is -2.51. The maximum atomic E-state index is 11.3. The van der Waals surface area contributed by atoms with Crippen LogP contribution < -0.4 is 10.2 Å². The van der Waals surface area contributed by atoms with Gasteiger partial charge in [0.1, 0.15) is 5.69 Å². The summed E-state index contributed by atoms with van der Waals surface area (Å²) in [5.41, 5.74) is 1.24. The molecule has 1 spiro atoms. The van der Waals surface area contributed by atoms with Crippen molar-refractivity contribution in [2.75, 3.05) is 31.1 Å². The number of hydrogen-bond acceptors (Lipinski definition) is 4. The van der Waals surface area contributed by atoms with Crippen LogP contribution in [0.2, 0.25) is 0 Å². The molecule has 0 bridgehead atoms. The fourth-order valence-corrected chi connectivity index (χ4v) is 4.05. The summed E-state index contributed by atoms with van der Waals surface area (Å²) in [5, 5.41) is 14.8. The zero-order valence-corrected chi connectivity index (χ0v) is 13.6. The molecule has 0 saturated carbocycles. The van der Waals surface area contributed by atoms with Gasteiger partial charge in [0, 0.05) is 35.6 Å². The van der Waals surface area contributed by atoms with Crippen LogP contribution in [0.5, 0.6) is 0 Å². The molecular formula is C15H20BrN3O2.